The lowest BCUT2D eigenvalue weighted by atomic mass is 9.93. The first kappa shape index (κ1) is 23.4. The highest BCUT2D eigenvalue weighted by molar-refractivity contribution is 5.86. The quantitative estimate of drug-likeness (QED) is 0.484. The van der Waals surface area contributed by atoms with Gasteiger partial charge >= 0.3 is 12.1 Å². The van der Waals surface area contributed by atoms with Crippen LogP contribution in [0, 0.1) is 5.92 Å². The highest BCUT2D eigenvalue weighted by atomic mass is 16.6. The SMILES string of the molecule is COC(=O)[C@H]1CC[C@H](COc2ccnc3ccc(OC)cc23)N(C(=O)OCc2ccccc2)C1. The van der Waals surface area contributed by atoms with E-state index in [0.29, 0.717) is 24.3 Å². The number of likely N-dealkylation sites (tertiary alicyclic amines) is 1. The summed E-state index contributed by atoms with van der Waals surface area (Å²) in [6.45, 7) is 0.630. The molecule has 2 atom stereocenters. The highest BCUT2D eigenvalue weighted by Crippen LogP contribution is 2.30. The predicted molar refractivity (Wildman–Crippen MR) is 126 cm³/mol. The Balaban J connectivity index is 1.49. The molecule has 0 bridgehead atoms. The molecule has 0 saturated carbocycles. The van der Waals surface area contributed by atoms with E-state index in [0.717, 1.165) is 16.5 Å². The van der Waals surface area contributed by atoms with Gasteiger partial charge in [-0.15, -0.1) is 0 Å². The van der Waals surface area contributed by atoms with Crippen LogP contribution in [0.1, 0.15) is 18.4 Å². The van der Waals surface area contributed by atoms with Crippen molar-refractivity contribution in [1.82, 2.24) is 9.88 Å². The number of fused-ring (bicyclic) bond motifs is 1. The molecule has 0 spiro atoms. The number of aromatic nitrogens is 1. The third kappa shape index (κ3) is 5.39. The van der Waals surface area contributed by atoms with Gasteiger partial charge in [-0.1, -0.05) is 30.3 Å². The van der Waals surface area contributed by atoms with Crippen molar-refractivity contribution in [2.75, 3.05) is 27.4 Å². The first-order valence-corrected chi connectivity index (χ1v) is 11.2. The molecule has 1 aliphatic rings. The first-order valence-electron chi connectivity index (χ1n) is 11.2. The van der Waals surface area contributed by atoms with E-state index in [1.165, 1.54) is 7.11 Å². The van der Waals surface area contributed by atoms with Crippen LogP contribution in [0.25, 0.3) is 10.9 Å². The number of amides is 1. The summed E-state index contributed by atoms with van der Waals surface area (Å²) in [4.78, 5) is 31.1. The molecule has 8 nitrogen and oxygen atoms in total. The summed E-state index contributed by atoms with van der Waals surface area (Å²) in [6.07, 6.45) is 2.40. The number of pyridine rings is 1. The lowest BCUT2D eigenvalue weighted by Crippen LogP contribution is -2.51. The van der Waals surface area contributed by atoms with E-state index in [1.54, 1.807) is 24.3 Å². The molecule has 4 rings (SSSR count). The number of carbonyl (C=O) groups excluding carboxylic acids is 2. The minimum atomic E-state index is -0.479. The normalized spacial score (nSPS) is 17.8. The number of benzene rings is 2. The maximum Gasteiger partial charge on any atom is 0.410 e. The average molecular weight is 465 g/mol. The van der Waals surface area contributed by atoms with Crippen molar-refractivity contribution in [3.05, 3.63) is 66.4 Å². The van der Waals surface area contributed by atoms with Gasteiger partial charge in [0, 0.05) is 18.1 Å². The topological polar surface area (TPSA) is 87.2 Å². The molecule has 0 aliphatic carbocycles. The Labute approximate surface area is 198 Å². The Hall–Kier alpha value is -3.81. The van der Waals surface area contributed by atoms with E-state index in [2.05, 4.69) is 4.98 Å². The number of hydrogen-bond acceptors (Lipinski definition) is 7. The van der Waals surface area contributed by atoms with E-state index in [1.807, 2.05) is 48.5 Å². The van der Waals surface area contributed by atoms with E-state index in [-0.39, 0.29) is 31.8 Å². The maximum atomic E-state index is 13.0. The van der Waals surface area contributed by atoms with Gasteiger partial charge in [-0.2, -0.15) is 0 Å². The van der Waals surface area contributed by atoms with Gasteiger partial charge in [0.2, 0.25) is 0 Å². The third-order valence-corrected chi connectivity index (χ3v) is 6.02. The summed E-state index contributed by atoms with van der Waals surface area (Å²) >= 11 is 0. The Morgan fingerprint density at radius 3 is 2.65 bits per heavy atom. The number of ether oxygens (including phenoxy) is 4. The summed E-state index contributed by atoms with van der Waals surface area (Å²) < 4.78 is 22.0. The molecule has 2 aromatic carbocycles. The van der Waals surface area contributed by atoms with Crippen LogP contribution in [0.2, 0.25) is 0 Å². The van der Waals surface area contributed by atoms with Gasteiger partial charge < -0.3 is 23.8 Å². The molecule has 1 fully saturated rings. The minimum Gasteiger partial charge on any atom is -0.497 e. The fourth-order valence-electron chi connectivity index (χ4n) is 4.12. The van der Waals surface area contributed by atoms with Crippen molar-refractivity contribution >= 4 is 23.0 Å². The summed E-state index contributed by atoms with van der Waals surface area (Å²) in [5.41, 5.74) is 1.68. The van der Waals surface area contributed by atoms with E-state index >= 15 is 0 Å². The Morgan fingerprint density at radius 2 is 1.88 bits per heavy atom. The molecule has 0 radical (unpaired) electrons. The number of rotatable bonds is 7. The number of esters is 1. The van der Waals surface area contributed by atoms with Gasteiger partial charge in [0.15, 0.2) is 0 Å². The van der Waals surface area contributed by atoms with Crippen molar-refractivity contribution in [3.63, 3.8) is 0 Å². The molecular formula is C26H28N2O6. The highest BCUT2D eigenvalue weighted by Gasteiger charge is 2.36. The van der Waals surface area contributed by atoms with Crippen LogP contribution in [0.15, 0.2) is 60.8 Å². The molecule has 1 aromatic heterocycles. The van der Waals surface area contributed by atoms with Crippen LogP contribution >= 0.6 is 0 Å². The lowest BCUT2D eigenvalue weighted by Gasteiger charge is -2.37. The van der Waals surface area contributed by atoms with Gasteiger partial charge in [-0.25, -0.2) is 4.79 Å². The van der Waals surface area contributed by atoms with Gasteiger partial charge in [0.05, 0.1) is 31.7 Å². The molecule has 3 aromatic rings. The molecule has 0 unspecified atom stereocenters. The van der Waals surface area contributed by atoms with E-state index in [4.69, 9.17) is 18.9 Å². The molecular weight excluding hydrogens is 436 g/mol. The van der Waals surface area contributed by atoms with Crippen molar-refractivity contribution in [2.45, 2.75) is 25.5 Å². The Morgan fingerprint density at radius 1 is 1.06 bits per heavy atom. The second kappa shape index (κ2) is 10.9. The van der Waals surface area contributed by atoms with Crippen LogP contribution < -0.4 is 9.47 Å². The zero-order valence-electron chi connectivity index (χ0n) is 19.3. The van der Waals surface area contributed by atoms with Crippen LogP contribution in [-0.4, -0.2) is 55.4 Å². The summed E-state index contributed by atoms with van der Waals surface area (Å²) in [5, 5.41) is 0.823. The van der Waals surface area contributed by atoms with Crippen molar-refractivity contribution in [1.29, 1.82) is 0 Å². The lowest BCUT2D eigenvalue weighted by molar-refractivity contribution is -0.147. The van der Waals surface area contributed by atoms with Crippen LogP contribution in [0.3, 0.4) is 0 Å². The van der Waals surface area contributed by atoms with Crippen molar-refractivity contribution in [3.8, 4) is 11.5 Å². The fourth-order valence-corrected chi connectivity index (χ4v) is 4.12. The second-order valence-corrected chi connectivity index (χ2v) is 8.15. The van der Waals surface area contributed by atoms with Crippen molar-refractivity contribution in [2.24, 2.45) is 5.92 Å². The molecule has 8 heteroatoms. The van der Waals surface area contributed by atoms with E-state index < -0.39 is 12.0 Å². The summed E-state index contributed by atoms with van der Waals surface area (Å²) in [7, 11) is 2.97. The predicted octanol–water partition coefficient (Wildman–Crippen LogP) is 4.21. The smallest absolute Gasteiger partial charge is 0.410 e. The minimum absolute atomic E-state index is 0.154. The first-order chi connectivity index (χ1) is 16.6. The largest absolute Gasteiger partial charge is 0.497 e. The summed E-state index contributed by atoms with van der Waals surface area (Å²) in [5.74, 6) is 0.635. The van der Waals surface area contributed by atoms with Gasteiger partial charge in [-0.05, 0) is 42.7 Å². The number of carbonyl (C=O) groups is 2. The van der Waals surface area contributed by atoms with Crippen LogP contribution in [0.5, 0.6) is 11.5 Å². The number of piperidine rings is 1. The number of methoxy groups -OCH3 is 2. The number of hydrogen-bond donors (Lipinski definition) is 0. The zero-order chi connectivity index (χ0) is 23.9. The molecule has 34 heavy (non-hydrogen) atoms. The third-order valence-electron chi connectivity index (χ3n) is 6.02. The van der Waals surface area contributed by atoms with Gasteiger partial charge in [0.25, 0.3) is 0 Å². The average Bonchev–Trinajstić information content (AvgIpc) is 2.90. The maximum absolute atomic E-state index is 13.0. The zero-order valence-corrected chi connectivity index (χ0v) is 19.3. The van der Waals surface area contributed by atoms with Crippen LogP contribution in [0.4, 0.5) is 4.79 Å². The molecule has 1 amide bonds. The van der Waals surface area contributed by atoms with Gasteiger partial charge in [-0.3, -0.25) is 9.78 Å². The number of nitrogens with zero attached hydrogens (tertiary/aromatic N) is 2. The Bertz CT molecular complexity index is 1140. The standard InChI is InChI=1S/C26H28N2O6/c1-31-21-10-11-23-22(14-21)24(12-13-27-23)33-17-20-9-8-19(25(29)32-2)15-28(20)26(30)34-16-18-6-4-3-5-7-18/h3-7,10-14,19-20H,8-9,15-17H2,1-2H3/t19-,20+/m0/s1. The monoisotopic (exact) mass is 464 g/mol. The molecule has 178 valence electrons. The Kier molecular flexibility index (Phi) is 7.47. The van der Waals surface area contributed by atoms with Crippen molar-refractivity contribution < 1.29 is 28.5 Å². The van der Waals surface area contributed by atoms with E-state index in [9.17, 15) is 9.59 Å². The molecule has 1 saturated heterocycles. The van der Waals surface area contributed by atoms with Crippen LogP contribution in [-0.2, 0) is 20.9 Å². The molecule has 0 N–H and O–H groups in total. The second-order valence-electron chi connectivity index (χ2n) is 8.15. The van der Waals surface area contributed by atoms with Gasteiger partial charge in [0.1, 0.15) is 24.7 Å². The fraction of sp³-hybridized carbons (Fsp3) is 0.346. The summed E-state index contributed by atoms with van der Waals surface area (Å²) in [6, 6.07) is 16.6. The molecule has 2 heterocycles. The molecule has 1 aliphatic heterocycles.